The van der Waals surface area contributed by atoms with Gasteiger partial charge in [0.1, 0.15) is 18.1 Å². The quantitative estimate of drug-likeness (QED) is 0.859. The smallest absolute Gasteiger partial charge is 0.146 e. The van der Waals surface area contributed by atoms with E-state index in [0.717, 1.165) is 30.0 Å². The van der Waals surface area contributed by atoms with Crippen LogP contribution in [0.25, 0.3) is 0 Å². The average molecular weight is 287 g/mol. The van der Waals surface area contributed by atoms with E-state index in [1.807, 2.05) is 18.2 Å². The van der Waals surface area contributed by atoms with Crippen LogP contribution in [0.3, 0.4) is 0 Å². The van der Waals surface area contributed by atoms with Gasteiger partial charge in [0.05, 0.1) is 6.26 Å². The lowest BCUT2D eigenvalue weighted by atomic mass is 10.1. The Morgan fingerprint density at radius 1 is 1.10 bits per heavy atom. The molecule has 2 rings (SSSR count). The molecule has 1 heterocycles. The van der Waals surface area contributed by atoms with E-state index in [0.29, 0.717) is 6.61 Å². The van der Waals surface area contributed by atoms with Crippen LogP contribution in [-0.4, -0.2) is 5.54 Å². The second-order valence-corrected chi connectivity index (χ2v) is 6.26. The third kappa shape index (κ3) is 4.94. The van der Waals surface area contributed by atoms with Crippen molar-refractivity contribution >= 4 is 0 Å². The van der Waals surface area contributed by atoms with Crippen LogP contribution in [0.5, 0.6) is 5.75 Å². The molecule has 114 valence electrons. The van der Waals surface area contributed by atoms with E-state index >= 15 is 0 Å². The highest BCUT2D eigenvalue weighted by Gasteiger charge is 2.12. The molecule has 0 aliphatic carbocycles. The van der Waals surface area contributed by atoms with E-state index in [-0.39, 0.29) is 5.54 Å². The monoisotopic (exact) mass is 287 g/mol. The van der Waals surface area contributed by atoms with Crippen LogP contribution >= 0.6 is 0 Å². The fraction of sp³-hybridized carbons (Fsp3) is 0.444. The Bertz CT molecular complexity index is 549. The maximum Gasteiger partial charge on any atom is 0.146 e. The number of hydrogen-bond acceptors (Lipinski definition) is 3. The number of benzene rings is 1. The molecule has 0 spiro atoms. The maximum atomic E-state index is 5.80. The van der Waals surface area contributed by atoms with Crippen molar-refractivity contribution in [2.24, 2.45) is 0 Å². The van der Waals surface area contributed by atoms with Gasteiger partial charge in [-0.25, -0.2) is 0 Å². The molecule has 2 aromatic rings. The molecule has 21 heavy (non-hydrogen) atoms. The summed E-state index contributed by atoms with van der Waals surface area (Å²) >= 11 is 0. The van der Waals surface area contributed by atoms with Crippen molar-refractivity contribution < 1.29 is 9.15 Å². The first-order valence-electron chi connectivity index (χ1n) is 7.50. The average Bonchev–Trinajstić information content (AvgIpc) is 2.90. The van der Waals surface area contributed by atoms with Crippen molar-refractivity contribution in [3.63, 3.8) is 0 Å². The van der Waals surface area contributed by atoms with E-state index in [1.165, 1.54) is 5.56 Å². The topological polar surface area (TPSA) is 34.4 Å². The molecule has 1 aromatic heterocycles. The van der Waals surface area contributed by atoms with Crippen LogP contribution in [0.1, 0.15) is 44.6 Å². The van der Waals surface area contributed by atoms with Gasteiger partial charge in [-0.3, -0.25) is 0 Å². The van der Waals surface area contributed by atoms with Gasteiger partial charge in [-0.1, -0.05) is 19.1 Å². The van der Waals surface area contributed by atoms with Gasteiger partial charge in [-0.15, -0.1) is 0 Å². The molecule has 3 nitrogen and oxygen atoms in total. The van der Waals surface area contributed by atoms with Gasteiger partial charge in [0, 0.05) is 17.6 Å². The molecule has 0 aliphatic heterocycles. The molecule has 0 aliphatic rings. The van der Waals surface area contributed by atoms with Crippen molar-refractivity contribution in [1.82, 2.24) is 5.32 Å². The largest absolute Gasteiger partial charge is 0.486 e. The fourth-order valence-electron chi connectivity index (χ4n) is 1.98. The zero-order chi connectivity index (χ0) is 15.3. The van der Waals surface area contributed by atoms with Gasteiger partial charge in [0.2, 0.25) is 0 Å². The lowest BCUT2D eigenvalue weighted by Gasteiger charge is -2.20. The summed E-state index contributed by atoms with van der Waals surface area (Å²) in [6, 6.07) is 10.2. The molecule has 0 saturated carbocycles. The van der Waals surface area contributed by atoms with Crippen molar-refractivity contribution in [2.45, 2.75) is 52.8 Å². The second kappa shape index (κ2) is 6.81. The zero-order valence-corrected chi connectivity index (χ0v) is 13.4. The number of furan rings is 1. The van der Waals surface area contributed by atoms with Gasteiger partial charge < -0.3 is 14.5 Å². The first-order chi connectivity index (χ1) is 9.98. The Morgan fingerprint density at radius 2 is 1.81 bits per heavy atom. The Balaban J connectivity index is 1.92. The predicted molar refractivity (Wildman–Crippen MR) is 85.5 cm³/mol. The minimum absolute atomic E-state index is 0.0887. The minimum Gasteiger partial charge on any atom is -0.486 e. The number of ether oxygens (including phenoxy) is 1. The highest BCUT2D eigenvalue weighted by molar-refractivity contribution is 5.27. The van der Waals surface area contributed by atoms with Crippen molar-refractivity contribution in [2.75, 3.05) is 0 Å². The van der Waals surface area contributed by atoms with Crippen molar-refractivity contribution in [3.8, 4) is 5.75 Å². The van der Waals surface area contributed by atoms with Crippen LogP contribution < -0.4 is 10.1 Å². The normalized spacial score (nSPS) is 11.6. The van der Waals surface area contributed by atoms with Crippen molar-refractivity contribution in [3.05, 3.63) is 53.5 Å². The predicted octanol–water partition coefficient (Wildman–Crippen LogP) is 4.31. The van der Waals surface area contributed by atoms with Crippen LogP contribution in [0.4, 0.5) is 0 Å². The van der Waals surface area contributed by atoms with E-state index < -0.39 is 0 Å². The Hall–Kier alpha value is -1.74. The summed E-state index contributed by atoms with van der Waals surface area (Å²) in [6.07, 6.45) is 2.76. The molecule has 0 amide bonds. The van der Waals surface area contributed by atoms with E-state index in [4.69, 9.17) is 9.15 Å². The molecule has 0 atom stereocenters. The van der Waals surface area contributed by atoms with Crippen LogP contribution in [-0.2, 0) is 19.6 Å². The van der Waals surface area contributed by atoms with Gasteiger partial charge in [0.15, 0.2) is 0 Å². The lowest BCUT2D eigenvalue weighted by molar-refractivity contribution is 0.267. The Labute approximate surface area is 127 Å². The summed E-state index contributed by atoms with van der Waals surface area (Å²) in [7, 11) is 0. The van der Waals surface area contributed by atoms with Gasteiger partial charge in [-0.2, -0.15) is 0 Å². The summed E-state index contributed by atoms with van der Waals surface area (Å²) in [5, 5.41) is 3.46. The van der Waals surface area contributed by atoms with E-state index in [1.54, 1.807) is 6.26 Å². The zero-order valence-electron chi connectivity index (χ0n) is 13.4. The number of aryl methyl sites for hydroxylation is 1. The highest BCUT2D eigenvalue weighted by Crippen LogP contribution is 2.17. The van der Waals surface area contributed by atoms with Gasteiger partial charge in [-0.05, 0) is 51.0 Å². The standard InChI is InChI=1S/C18H25NO2/c1-5-14-6-8-16(9-7-14)21-13-17-15(10-11-20-17)12-19-18(2,3)4/h6-11,19H,5,12-13H2,1-4H3. The SMILES string of the molecule is CCc1ccc(OCc2occc2CNC(C)(C)C)cc1. The second-order valence-electron chi connectivity index (χ2n) is 6.26. The molecule has 1 aromatic carbocycles. The maximum absolute atomic E-state index is 5.80. The molecular formula is C18H25NO2. The van der Waals surface area contributed by atoms with Crippen LogP contribution in [0.2, 0.25) is 0 Å². The lowest BCUT2D eigenvalue weighted by Crippen LogP contribution is -2.35. The number of nitrogens with one attached hydrogen (secondary N) is 1. The first-order valence-corrected chi connectivity index (χ1v) is 7.50. The number of hydrogen-bond donors (Lipinski definition) is 1. The van der Waals surface area contributed by atoms with E-state index in [2.05, 4.69) is 45.1 Å². The summed E-state index contributed by atoms with van der Waals surface area (Å²) in [6.45, 7) is 9.84. The molecule has 0 radical (unpaired) electrons. The molecule has 1 N–H and O–H groups in total. The molecule has 0 bridgehead atoms. The summed E-state index contributed by atoms with van der Waals surface area (Å²) < 4.78 is 11.3. The minimum atomic E-state index is 0.0887. The van der Waals surface area contributed by atoms with E-state index in [9.17, 15) is 0 Å². The summed E-state index contributed by atoms with van der Waals surface area (Å²) in [4.78, 5) is 0. The Kier molecular flexibility index (Phi) is 5.07. The third-order valence-electron chi connectivity index (χ3n) is 3.35. The number of rotatable bonds is 6. The summed E-state index contributed by atoms with van der Waals surface area (Å²) in [5.74, 6) is 1.75. The first kappa shape index (κ1) is 15.6. The Morgan fingerprint density at radius 3 is 2.43 bits per heavy atom. The third-order valence-corrected chi connectivity index (χ3v) is 3.35. The summed E-state index contributed by atoms with van der Waals surface area (Å²) in [5.41, 5.74) is 2.55. The molecule has 0 unspecified atom stereocenters. The molecule has 0 fully saturated rings. The molecule has 0 saturated heterocycles. The van der Waals surface area contributed by atoms with Crippen LogP contribution in [0.15, 0.2) is 41.0 Å². The highest BCUT2D eigenvalue weighted by atomic mass is 16.5. The van der Waals surface area contributed by atoms with Gasteiger partial charge in [0.25, 0.3) is 0 Å². The molecular weight excluding hydrogens is 262 g/mol. The van der Waals surface area contributed by atoms with Crippen molar-refractivity contribution in [1.29, 1.82) is 0 Å². The molecule has 3 heteroatoms. The van der Waals surface area contributed by atoms with Gasteiger partial charge >= 0.3 is 0 Å². The van der Waals surface area contributed by atoms with Crippen LogP contribution in [0, 0.1) is 0 Å². The fourth-order valence-corrected chi connectivity index (χ4v) is 1.98.